The third-order valence-corrected chi connectivity index (χ3v) is 4.33. The van der Waals surface area contributed by atoms with Crippen LogP contribution in [0.15, 0.2) is 52.8 Å². The summed E-state index contributed by atoms with van der Waals surface area (Å²) in [6.45, 7) is 7.66. The van der Waals surface area contributed by atoms with Gasteiger partial charge in [-0.3, -0.25) is 0 Å². The number of hydrogen-bond acceptors (Lipinski definition) is 5. The van der Waals surface area contributed by atoms with E-state index < -0.39 is 0 Å². The van der Waals surface area contributed by atoms with Crippen LogP contribution in [0.25, 0.3) is 0 Å². The fourth-order valence-electron chi connectivity index (χ4n) is 2.10. The molecule has 2 N–H and O–H groups in total. The molecule has 0 aromatic carbocycles. The fourth-order valence-corrected chi connectivity index (χ4v) is 2.87. The molecule has 0 bridgehead atoms. The zero-order chi connectivity index (χ0) is 17.2. The number of carbonyl (C=O) groups excluding carboxylic acids is 1. The number of urea groups is 1. The van der Waals surface area contributed by atoms with Crippen molar-refractivity contribution in [2.75, 3.05) is 31.5 Å². The van der Waals surface area contributed by atoms with Crippen molar-refractivity contribution in [2.45, 2.75) is 23.9 Å². The van der Waals surface area contributed by atoms with Crippen LogP contribution in [0.5, 0.6) is 0 Å². The van der Waals surface area contributed by atoms with Gasteiger partial charge < -0.3 is 15.5 Å². The van der Waals surface area contributed by atoms with Gasteiger partial charge in [-0.2, -0.15) is 0 Å². The van der Waals surface area contributed by atoms with Crippen molar-refractivity contribution in [3.8, 4) is 0 Å². The van der Waals surface area contributed by atoms with Crippen LogP contribution >= 0.6 is 11.8 Å². The third kappa shape index (κ3) is 6.17. The van der Waals surface area contributed by atoms with Crippen LogP contribution in [0.2, 0.25) is 0 Å². The van der Waals surface area contributed by atoms with Gasteiger partial charge >= 0.3 is 6.03 Å². The molecule has 0 aliphatic rings. The SMILES string of the molecule is CCN(CC)CCNC(=O)Nc1ccnc(Sc2ccccn2)c1. The average Bonchev–Trinajstić information content (AvgIpc) is 2.60. The van der Waals surface area contributed by atoms with Gasteiger partial charge in [-0.1, -0.05) is 31.7 Å². The summed E-state index contributed by atoms with van der Waals surface area (Å²) < 4.78 is 0. The summed E-state index contributed by atoms with van der Waals surface area (Å²) in [6, 6.07) is 9.13. The second-order valence-electron chi connectivity index (χ2n) is 5.06. The molecule has 0 unspecified atom stereocenters. The highest BCUT2D eigenvalue weighted by Gasteiger charge is 2.05. The molecule has 128 valence electrons. The molecule has 2 aromatic heterocycles. The maximum atomic E-state index is 12.0. The molecule has 0 atom stereocenters. The quantitative estimate of drug-likeness (QED) is 0.769. The number of likely N-dealkylation sites (N-methyl/N-ethyl adjacent to an activating group) is 1. The standard InChI is InChI=1S/C17H23N5OS/c1-3-22(4-2)12-11-20-17(23)21-14-8-10-19-16(13-14)24-15-7-5-6-9-18-15/h5-10,13H,3-4,11-12H2,1-2H3,(H2,19,20,21,23). The number of aromatic nitrogens is 2. The Morgan fingerprint density at radius 1 is 1.12 bits per heavy atom. The van der Waals surface area contributed by atoms with Gasteiger partial charge in [-0.05, 0) is 37.4 Å². The first-order valence-electron chi connectivity index (χ1n) is 8.03. The number of rotatable bonds is 8. The summed E-state index contributed by atoms with van der Waals surface area (Å²) >= 11 is 1.46. The van der Waals surface area contributed by atoms with Crippen molar-refractivity contribution in [1.82, 2.24) is 20.2 Å². The molecule has 0 spiro atoms. The van der Waals surface area contributed by atoms with E-state index in [2.05, 4.69) is 39.3 Å². The smallest absolute Gasteiger partial charge is 0.319 e. The first-order valence-corrected chi connectivity index (χ1v) is 8.85. The lowest BCUT2D eigenvalue weighted by Crippen LogP contribution is -2.36. The fraction of sp³-hybridized carbons (Fsp3) is 0.353. The predicted octanol–water partition coefficient (Wildman–Crippen LogP) is 3.09. The van der Waals surface area contributed by atoms with Crippen molar-refractivity contribution in [1.29, 1.82) is 0 Å². The van der Waals surface area contributed by atoms with Gasteiger partial charge in [0.05, 0.1) is 0 Å². The molecule has 0 aliphatic carbocycles. The van der Waals surface area contributed by atoms with Crippen LogP contribution in [0.3, 0.4) is 0 Å². The summed E-state index contributed by atoms with van der Waals surface area (Å²) in [5.74, 6) is 0. The molecule has 7 heteroatoms. The maximum absolute atomic E-state index is 12.0. The van der Waals surface area contributed by atoms with Gasteiger partial charge in [0.15, 0.2) is 0 Å². The Hall–Kier alpha value is -2.12. The lowest BCUT2D eigenvalue weighted by molar-refractivity contribution is 0.248. The zero-order valence-corrected chi connectivity index (χ0v) is 14.8. The summed E-state index contributed by atoms with van der Waals surface area (Å²) in [5.41, 5.74) is 0.712. The first-order chi connectivity index (χ1) is 11.7. The van der Waals surface area contributed by atoms with E-state index in [4.69, 9.17) is 0 Å². The summed E-state index contributed by atoms with van der Waals surface area (Å²) in [4.78, 5) is 22.8. The predicted molar refractivity (Wildman–Crippen MR) is 97.4 cm³/mol. The molecule has 2 aromatic rings. The van der Waals surface area contributed by atoms with E-state index in [0.717, 1.165) is 29.7 Å². The van der Waals surface area contributed by atoms with E-state index in [1.54, 1.807) is 18.5 Å². The van der Waals surface area contributed by atoms with E-state index >= 15 is 0 Å². The molecule has 0 aliphatic heterocycles. The van der Waals surface area contributed by atoms with E-state index in [9.17, 15) is 4.79 Å². The lowest BCUT2D eigenvalue weighted by atomic mass is 10.4. The van der Waals surface area contributed by atoms with Crippen LogP contribution in [-0.4, -0.2) is 47.1 Å². The molecule has 0 fully saturated rings. The molecule has 0 radical (unpaired) electrons. The average molecular weight is 345 g/mol. The topological polar surface area (TPSA) is 70.2 Å². The lowest BCUT2D eigenvalue weighted by Gasteiger charge is -2.18. The molecular weight excluding hydrogens is 322 g/mol. The van der Waals surface area contributed by atoms with Gasteiger partial charge in [0, 0.05) is 31.2 Å². The minimum atomic E-state index is -0.206. The third-order valence-electron chi connectivity index (χ3n) is 3.45. The highest BCUT2D eigenvalue weighted by atomic mass is 32.2. The molecule has 6 nitrogen and oxygen atoms in total. The second-order valence-corrected chi connectivity index (χ2v) is 6.10. The van der Waals surface area contributed by atoms with Gasteiger partial charge in [0.25, 0.3) is 0 Å². The second kappa shape index (κ2) is 9.89. The van der Waals surface area contributed by atoms with Crippen molar-refractivity contribution in [2.24, 2.45) is 0 Å². The highest BCUT2D eigenvalue weighted by molar-refractivity contribution is 7.99. The minimum Gasteiger partial charge on any atom is -0.337 e. The van der Waals surface area contributed by atoms with E-state index in [-0.39, 0.29) is 6.03 Å². The molecule has 0 saturated heterocycles. The summed E-state index contributed by atoms with van der Waals surface area (Å²) in [5, 5.41) is 7.36. The normalized spacial score (nSPS) is 10.6. The summed E-state index contributed by atoms with van der Waals surface area (Å²) in [6.07, 6.45) is 3.42. The van der Waals surface area contributed by atoms with Gasteiger partial charge in [-0.25, -0.2) is 14.8 Å². The Morgan fingerprint density at radius 2 is 1.92 bits per heavy atom. The Labute approximate surface area is 147 Å². The van der Waals surface area contributed by atoms with E-state index in [0.29, 0.717) is 12.2 Å². The number of amides is 2. The van der Waals surface area contributed by atoms with Crippen molar-refractivity contribution in [3.63, 3.8) is 0 Å². The maximum Gasteiger partial charge on any atom is 0.319 e. The van der Waals surface area contributed by atoms with Gasteiger partial charge in [-0.15, -0.1) is 0 Å². The molecule has 0 saturated carbocycles. The first kappa shape index (κ1) is 18.2. The highest BCUT2D eigenvalue weighted by Crippen LogP contribution is 2.25. The Balaban J connectivity index is 1.84. The molecule has 2 amide bonds. The molecule has 2 rings (SSSR count). The van der Waals surface area contributed by atoms with Gasteiger partial charge in [0.2, 0.25) is 0 Å². The Kier molecular flexibility index (Phi) is 7.51. The Morgan fingerprint density at radius 3 is 2.62 bits per heavy atom. The van der Waals surface area contributed by atoms with E-state index in [1.807, 2.05) is 24.3 Å². The Bertz CT molecular complexity index is 634. The number of pyridine rings is 2. The largest absolute Gasteiger partial charge is 0.337 e. The van der Waals surface area contributed by atoms with Crippen LogP contribution in [-0.2, 0) is 0 Å². The van der Waals surface area contributed by atoms with Gasteiger partial charge in [0.1, 0.15) is 10.1 Å². The van der Waals surface area contributed by atoms with Crippen LogP contribution in [0, 0.1) is 0 Å². The van der Waals surface area contributed by atoms with Crippen LogP contribution in [0.4, 0.5) is 10.5 Å². The molecular formula is C17H23N5OS. The van der Waals surface area contributed by atoms with Crippen molar-refractivity contribution < 1.29 is 4.79 Å². The van der Waals surface area contributed by atoms with E-state index in [1.165, 1.54) is 11.8 Å². The number of hydrogen-bond donors (Lipinski definition) is 2. The number of anilines is 1. The minimum absolute atomic E-state index is 0.206. The van der Waals surface area contributed by atoms with Crippen molar-refractivity contribution in [3.05, 3.63) is 42.7 Å². The number of carbonyl (C=O) groups is 1. The molecule has 2 heterocycles. The number of nitrogens with zero attached hydrogens (tertiary/aromatic N) is 3. The monoisotopic (exact) mass is 345 g/mol. The summed E-state index contributed by atoms with van der Waals surface area (Å²) in [7, 11) is 0. The van der Waals surface area contributed by atoms with Crippen LogP contribution in [0.1, 0.15) is 13.8 Å². The zero-order valence-electron chi connectivity index (χ0n) is 14.0. The number of nitrogens with one attached hydrogen (secondary N) is 2. The van der Waals surface area contributed by atoms with Crippen molar-refractivity contribution >= 4 is 23.5 Å². The molecule has 24 heavy (non-hydrogen) atoms. The van der Waals surface area contributed by atoms with Crippen LogP contribution < -0.4 is 10.6 Å².